The first kappa shape index (κ1) is 14.7. The van der Waals surface area contributed by atoms with Crippen molar-refractivity contribution in [2.24, 2.45) is 4.99 Å². The van der Waals surface area contributed by atoms with Crippen LogP contribution in [-0.4, -0.2) is 5.71 Å². The summed E-state index contributed by atoms with van der Waals surface area (Å²) < 4.78 is 0. The van der Waals surface area contributed by atoms with Crippen LogP contribution in [0.15, 0.2) is 75.9 Å². The summed E-state index contributed by atoms with van der Waals surface area (Å²) in [6.45, 7) is 2.12. The van der Waals surface area contributed by atoms with Crippen LogP contribution in [0.2, 0.25) is 0 Å². The SMILES string of the molecule is Cc1ccc(C2=Nc3ccccc3S[C@H](c3cccs3)C2)cc1. The third kappa shape index (κ3) is 3.12. The number of aryl methyl sites for hydroxylation is 1. The van der Waals surface area contributed by atoms with Crippen molar-refractivity contribution in [3.8, 4) is 0 Å². The molecule has 4 rings (SSSR count). The smallest absolute Gasteiger partial charge is 0.0769 e. The summed E-state index contributed by atoms with van der Waals surface area (Å²) in [5.41, 5.74) is 4.79. The second kappa shape index (κ2) is 6.34. The average molecular weight is 335 g/mol. The Morgan fingerprint density at radius 2 is 1.78 bits per heavy atom. The molecule has 0 bridgehead atoms. The van der Waals surface area contributed by atoms with Crippen molar-refractivity contribution in [1.29, 1.82) is 0 Å². The van der Waals surface area contributed by atoms with Gasteiger partial charge in [-0.05, 0) is 36.1 Å². The molecule has 0 saturated carbocycles. The minimum atomic E-state index is 0.429. The lowest BCUT2D eigenvalue weighted by Gasteiger charge is -2.14. The van der Waals surface area contributed by atoms with E-state index in [1.54, 1.807) is 0 Å². The Kier molecular flexibility index (Phi) is 4.06. The lowest BCUT2D eigenvalue weighted by Crippen LogP contribution is -2.04. The van der Waals surface area contributed by atoms with Crippen LogP contribution in [0.3, 0.4) is 0 Å². The largest absolute Gasteiger partial charge is 0.252 e. The predicted molar refractivity (Wildman–Crippen MR) is 101 cm³/mol. The zero-order valence-corrected chi connectivity index (χ0v) is 14.5. The van der Waals surface area contributed by atoms with Crippen molar-refractivity contribution in [2.75, 3.05) is 0 Å². The third-order valence-electron chi connectivity index (χ3n) is 4.01. The molecular weight excluding hydrogens is 318 g/mol. The van der Waals surface area contributed by atoms with Gasteiger partial charge in [-0.3, -0.25) is 4.99 Å². The molecule has 1 nitrogen and oxygen atoms in total. The van der Waals surface area contributed by atoms with Crippen LogP contribution in [0.25, 0.3) is 0 Å². The normalized spacial score (nSPS) is 17.3. The molecule has 23 heavy (non-hydrogen) atoms. The Hall–Kier alpha value is -1.84. The standard InChI is InChI=1S/C20H17NS2/c1-14-8-10-15(11-9-14)17-13-20(19-7-4-12-22-19)23-18-6-3-2-5-16(18)21-17/h2-12,20H,13H2,1H3/t20-/m0/s1. The van der Waals surface area contributed by atoms with Crippen molar-refractivity contribution in [1.82, 2.24) is 0 Å². The zero-order chi connectivity index (χ0) is 15.6. The predicted octanol–water partition coefficient (Wildman–Crippen LogP) is 6.41. The molecule has 0 saturated heterocycles. The van der Waals surface area contributed by atoms with Crippen LogP contribution < -0.4 is 0 Å². The topological polar surface area (TPSA) is 12.4 Å². The summed E-state index contributed by atoms with van der Waals surface area (Å²) in [7, 11) is 0. The molecule has 0 radical (unpaired) electrons. The highest BCUT2D eigenvalue weighted by molar-refractivity contribution is 7.99. The Balaban J connectivity index is 1.80. The van der Waals surface area contributed by atoms with Crippen molar-refractivity contribution in [2.45, 2.75) is 23.5 Å². The fraction of sp³-hybridized carbons (Fsp3) is 0.150. The molecule has 1 atom stereocenters. The number of fused-ring (bicyclic) bond motifs is 1. The highest BCUT2D eigenvalue weighted by Gasteiger charge is 2.22. The van der Waals surface area contributed by atoms with E-state index in [4.69, 9.17) is 4.99 Å². The number of hydrogen-bond acceptors (Lipinski definition) is 3. The maximum Gasteiger partial charge on any atom is 0.0769 e. The van der Waals surface area contributed by atoms with Gasteiger partial charge in [0.15, 0.2) is 0 Å². The zero-order valence-electron chi connectivity index (χ0n) is 12.9. The summed E-state index contributed by atoms with van der Waals surface area (Å²) in [5, 5.41) is 2.59. The first-order chi connectivity index (χ1) is 11.3. The van der Waals surface area contributed by atoms with Crippen LogP contribution in [0.5, 0.6) is 0 Å². The van der Waals surface area contributed by atoms with Crippen LogP contribution in [0.4, 0.5) is 5.69 Å². The first-order valence-electron chi connectivity index (χ1n) is 7.73. The number of para-hydroxylation sites is 1. The molecule has 0 unspecified atom stereocenters. The van der Waals surface area contributed by atoms with Crippen LogP contribution in [-0.2, 0) is 0 Å². The monoisotopic (exact) mass is 335 g/mol. The summed E-state index contributed by atoms with van der Waals surface area (Å²) in [4.78, 5) is 7.69. The highest BCUT2D eigenvalue weighted by atomic mass is 32.2. The number of aliphatic imine (C=N–C) groups is 1. The fourth-order valence-electron chi connectivity index (χ4n) is 2.77. The van der Waals surface area contributed by atoms with E-state index < -0.39 is 0 Å². The lowest BCUT2D eigenvalue weighted by atomic mass is 10.0. The number of hydrogen-bond donors (Lipinski definition) is 0. The Labute approximate surface area is 145 Å². The number of benzene rings is 2. The van der Waals surface area contributed by atoms with Gasteiger partial charge in [-0.2, -0.15) is 0 Å². The molecule has 3 aromatic rings. The Morgan fingerprint density at radius 1 is 0.957 bits per heavy atom. The van der Waals surface area contributed by atoms with E-state index >= 15 is 0 Å². The Bertz CT molecular complexity index is 832. The highest BCUT2D eigenvalue weighted by Crippen LogP contribution is 2.46. The summed E-state index contributed by atoms with van der Waals surface area (Å²) in [6, 6.07) is 21.6. The molecule has 0 aliphatic carbocycles. The van der Waals surface area contributed by atoms with Gasteiger partial charge >= 0.3 is 0 Å². The van der Waals surface area contributed by atoms with Crippen molar-refractivity contribution < 1.29 is 0 Å². The van der Waals surface area contributed by atoms with Gasteiger partial charge in [0, 0.05) is 27.2 Å². The molecule has 0 fully saturated rings. The maximum absolute atomic E-state index is 5.00. The molecule has 0 N–H and O–H groups in total. The van der Waals surface area contributed by atoms with Crippen LogP contribution in [0, 0.1) is 6.92 Å². The lowest BCUT2D eigenvalue weighted by molar-refractivity contribution is 1.04. The second-order valence-corrected chi connectivity index (χ2v) is 7.94. The van der Waals surface area contributed by atoms with Crippen molar-refractivity contribution in [3.05, 3.63) is 82.0 Å². The van der Waals surface area contributed by atoms with Crippen LogP contribution >= 0.6 is 23.1 Å². The van der Waals surface area contributed by atoms with E-state index in [1.807, 2.05) is 23.1 Å². The van der Waals surface area contributed by atoms with Crippen LogP contribution in [0.1, 0.15) is 27.7 Å². The van der Waals surface area contributed by atoms with E-state index in [0.717, 1.165) is 12.1 Å². The molecule has 0 amide bonds. The molecule has 0 spiro atoms. The summed E-state index contributed by atoms with van der Waals surface area (Å²) in [5.74, 6) is 0. The fourth-order valence-corrected chi connectivity index (χ4v) is 4.92. The number of thiophene rings is 1. The molecule has 3 heteroatoms. The quantitative estimate of drug-likeness (QED) is 0.527. The van der Waals surface area contributed by atoms with Gasteiger partial charge in [0.2, 0.25) is 0 Å². The van der Waals surface area contributed by atoms with E-state index in [0.29, 0.717) is 5.25 Å². The van der Waals surface area contributed by atoms with Gasteiger partial charge < -0.3 is 0 Å². The van der Waals surface area contributed by atoms with Gasteiger partial charge in [-0.15, -0.1) is 23.1 Å². The van der Waals surface area contributed by atoms with Crippen molar-refractivity contribution >= 4 is 34.5 Å². The average Bonchev–Trinajstić information content (AvgIpc) is 3.03. The molecule has 1 aliphatic rings. The van der Waals surface area contributed by atoms with Gasteiger partial charge in [-0.1, -0.05) is 48.0 Å². The first-order valence-corrected chi connectivity index (χ1v) is 9.49. The van der Waals surface area contributed by atoms with E-state index in [2.05, 4.69) is 73.0 Å². The molecule has 2 heterocycles. The Morgan fingerprint density at radius 3 is 2.57 bits per heavy atom. The molecule has 114 valence electrons. The van der Waals surface area contributed by atoms with E-state index in [9.17, 15) is 0 Å². The van der Waals surface area contributed by atoms with Crippen molar-refractivity contribution in [3.63, 3.8) is 0 Å². The number of nitrogens with zero attached hydrogens (tertiary/aromatic N) is 1. The third-order valence-corrected chi connectivity index (χ3v) is 6.45. The minimum absolute atomic E-state index is 0.429. The second-order valence-electron chi connectivity index (χ2n) is 5.72. The molecule has 1 aliphatic heterocycles. The van der Waals surface area contributed by atoms with Gasteiger partial charge in [0.1, 0.15) is 0 Å². The number of thioether (sulfide) groups is 1. The van der Waals surface area contributed by atoms with Gasteiger partial charge in [0.25, 0.3) is 0 Å². The maximum atomic E-state index is 5.00. The van der Waals surface area contributed by atoms with Gasteiger partial charge in [0.05, 0.1) is 5.69 Å². The number of rotatable bonds is 2. The molecule has 2 aromatic carbocycles. The van der Waals surface area contributed by atoms with Gasteiger partial charge in [-0.25, -0.2) is 0 Å². The molecule has 1 aromatic heterocycles. The molecular formula is C20H17NS2. The summed E-state index contributed by atoms with van der Waals surface area (Å²) >= 11 is 3.77. The summed E-state index contributed by atoms with van der Waals surface area (Å²) in [6.07, 6.45) is 0.961. The van der Waals surface area contributed by atoms with E-state index in [-0.39, 0.29) is 0 Å². The minimum Gasteiger partial charge on any atom is -0.252 e. The van der Waals surface area contributed by atoms with E-state index in [1.165, 1.54) is 26.6 Å².